The maximum atomic E-state index is 13.0. The van der Waals surface area contributed by atoms with Crippen LogP contribution in [0.25, 0.3) is 16.9 Å². The van der Waals surface area contributed by atoms with Crippen LogP contribution in [0.2, 0.25) is 0 Å². The predicted octanol–water partition coefficient (Wildman–Crippen LogP) is 4.08. The van der Waals surface area contributed by atoms with E-state index in [-0.39, 0.29) is 18.2 Å². The monoisotopic (exact) mass is 527 g/mol. The lowest BCUT2D eigenvalue weighted by Gasteiger charge is -2.35. The Labute approximate surface area is 229 Å². The van der Waals surface area contributed by atoms with Gasteiger partial charge in [-0.3, -0.25) is 24.3 Å². The fourth-order valence-electron chi connectivity index (χ4n) is 5.12. The number of anilines is 1. The maximum Gasteiger partial charge on any atom is 0.187 e. The van der Waals surface area contributed by atoms with Crippen molar-refractivity contribution in [1.82, 2.24) is 39.6 Å². The van der Waals surface area contributed by atoms with E-state index in [4.69, 9.17) is 0 Å². The molecular weight excluding hydrogens is 490 g/mol. The molecule has 10 heteroatoms. The van der Waals surface area contributed by atoms with E-state index in [2.05, 4.69) is 62.0 Å². The number of nitrogens with zero attached hydrogens (tertiary/aromatic N) is 9. The summed E-state index contributed by atoms with van der Waals surface area (Å²) in [5.74, 6) is -0.0354. The summed E-state index contributed by atoms with van der Waals surface area (Å²) in [6, 6.07) is 6.14. The van der Waals surface area contributed by atoms with Gasteiger partial charge < -0.3 is 4.90 Å². The molecule has 0 bridgehead atoms. The Morgan fingerprint density at radius 1 is 1.03 bits per heavy atom. The molecule has 0 spiro atoms. The third-order valence-electron chi connectivity index (χ3n) is 7.22. The standard InChI is InChI=1S/C29H37N9O/c1-6-7-35-8-10-36(11-9-35)25-15-24(17-30-18-25)27-19-37(34-32-27)28-13-23(16-31-22(28)5)14-29(39)26-12-21(4)38(33-26)20(2)3/h12-13,15-20H,6-11,14H2,1-5H3. The second kappa shape index (κ2) is 11.4. The van der Waals surface area contributed by atoms with Gasteiger partial charge in [-0.15, -0.1) is 5.10 Å². The van der Waals surface area contributed by atoms with E-state index in [0.717, 1.165) is 72.3 Å². The van der Waals surface area contributed by atoms with Crippen molar-refractivity contribution in [3.8, 4) is 16.9 Å². The summed E-state index contributed by atoms with van der Waals surface area (Å²) in [4.78, 5) is 26.9. The second-order valence-corrected chi connectivity index (χ2v) is 10.6. The van der Waals surface area contributed by atoms with Crippen molar-refractivity contribution >= 4 is 11.5 Å². The number of Topliss-reactive ketones (excluding diaryl/α,β-unsaturated/α-hetero) is 1. The summed E-state index contributed by atoms with van der Waals surface area (Å²) >= 11 is 0. The number of aryl methyl sites for hydroxylation is 2. The highest BCUT2D eigenvalue weighted by atomic mass is 16.1. The minimum Gasteiger partial charge on any atom is -0.368 e. The van der Waals surface area contributed by atoms with Crippen molar-refractivity contribution in [2.75, 3.05) is 37.6 Å². The van der Waals surface area contributed by atoms with Gasteiger partial charge in [0.1, 0.15) is 11.4 Å². The van der Waals surface area contributed by atoms with Gasteiger partial charge in [0.05, 0.1) is 29.5 Å². The molecule has 1 aliphatic heterocycles. The molecule has 0 saturated carbocycles. The first kappa shape index (κ1) is 26.7. The molecule has 0 aromatic carbocycles. The summed E-state index contributed by atoms with van der Waals surface area (Å²) in [6.07, 6.45) is 8.78. The topological polar surface area (TPSA) is 97.9 Å². The summed E-state index contributed by atoms with van der Waals surface area (Å²) in [6.45, 7) is 15.5. The molecule has 1 fully saturated rings. The molecule has 5 rings (SSSR count). The normalized spacial score (nSPS) is 14.4. The van der Waals surface area contributed by atoms with Crippen LogP contribution < -0.4 is 4.90 Å². The largest absolute Gasteiger partial charge is 0.368 e. The molecule has 0 radical (unpaired) electrons. The average molecular weight is 528 g/mol. The van der Waals surface area contributed by atoms with Gasteiger partial charge in [-0.25, -0.2) is 4.68 Å². The van der Waals surface area contributed by atoms with Crippen molar-refractivity contribution in [3.05, 3.63) is 65.6 Å². The van der Waals surface area contributed by atoms with Crippen LogP contribution in [0.1, 0.15) is 60.7 Å². The molecule has 0 amide bonds. The number of ketones is 1. The van der Waals surface area contributed by atoms with Gasteiger partial charge in [-0.2, -0.15) is 5.10 Å². The van der Waals surface area contributed by atoms with E-state index in [1.165, 1.54) is 6.42 Å². The molecule has 204 valence electrons. The molecule has 4 aromatic rings. The first-order chi connectivity index (χ1) is 18.8. The van der Waals surface area contributed by atoms with Gasteiger partial charge >= 0.3 is 0 Å². The smallest absolute Gasteiger partial charge is 0.187 e. The Morgan fingerprint density at radius 3 is 2.54 bits per heavy atom. The highest BCUT2D eigenvalue weighted by Gasteiger charge is 2.19. The van der Waals surface area contributed by atoms with Crippen LogP contribution >= 0.6 is 0 Å². The van der Waals surface area contributed by atoms with Gasteiger partial charge in [0.2, 0.25) is 0 Å². The van der Waals surface area contributed by atoms with Crippen molar-refractivity contribution in [2.24, 2.45) is 0 Å². The molecule has 1 saturated heterocycles. The van der Waals surface area contributed by atoms with Gasteiger partial charge in [-0.05, 0) is 64.4 Å². The summed E-state index contributed by atoms with van der Waals surface area (Å²) in [5.41, 5.74) is 6.62. The Bertz CT molecular complexity index is 1450. The van der Waals surface area contributed by atoms with Crippen molar-refractivity contribution < 1.29 is 4.79 Å². The number of pyridine rings is 2. The molecule has 10 nitrogen and oxygen atoms in total. The first-order valence-corrected chi connectivity index (χ1v) is 13.7. The lowest BCUT2D eigenvalue weighted by Crippen LogP contribution is -2.46. The fourth-order valence-corrected chi connectivity index (χ4v) is 5.12. The quantitative estimate of drug-likeness (QED) is 0.301. The molecule has 0 unspecified atom stereocenters. The van der Waals surface area contributed by atoms with Crippen LogP contribution in [-0.4, -0.2) is 78.1 Å². The van der Waals surface area contributed by atoms with Crippen LogP contribution in [0, 0.1) is 13.8 Å². The Kier molecular flexibility index (Phi) is 7.83. The molecule has 39 heavy (non-hydrogen) atoms. The van der Waals surface area contributed by atoms with Crippen molar-refractivity contribution in [3.63, 3.8) is 0 Å². The number of piperazine rings is 1. The zero-order valence-electron chi connectivity index (χ0n) is 23.5. The zero-order valence-corrected chi connectivity index (χ0v) is 23.5. The lowest BCUT2D eigenvalue weighted by molar-refractivity contribution is 0.0987. The zero-order chi connectivity index (χ0) is 27.5. The Balaban J connectivity index is 1.32. The van der Waals surface area contributed by atoms with E-state index in [1.54, 1.807) is 10.9 Å². The van der Waals surface area contributed by atoms with Crippen molar-refractivity contribution in [2.45, 2.75) is 53.5 Å². The van der Waals surface area contributed by atoms with Crippen LogP contribution in [0.4, 0.5) is 5.69 Å². The molecule has 0 atom stereocenters. The number of hydrogen-bond acceptors (Lipinski definition) is 8. The number of carbonyl (C=O) groups excluding carboxylic acids is 1. The molecule has 4 aromatic heterocycles. The van der Waals surface area contributed by atoms with E-state index in [0.29, 0.717) is 5.69 Å². The summed E-state index contributed by atoms with van der Waals surface area (Å²) in [7, 11) is 0. The third kappa shape index (κ3) is 5.90. The van der Waals surface area contributed by atoms with E-state index < -0.39 is 0 Å². The van der Waals surface area contributed by atoms with E-state index in [1.807, 2.05) is 49.3 Å². The molecular formula is C29H37N9O. The van der Waals surface area contributed by atoms with Crippen molar-refractivity contribution in [1.29, 1.82) is 0 Å². The number of aromatic nitrogens is 7. The Morgan fingerprint density at radius 2 is 1.82 bits per heavy atom. The molecule has 5 heterocycles. The summed E-state index contributed by atoms with van der Waals surface area (Å²) in [5, 5.41) is 13.3. The number of rotatable bonds is 9. The highest BCUT2D eigenvalue weighted by Crippen LogP contribution is 2.24. The van der Waals surface area contributed by atoms with E-state index >= 15 is 0 Å². The minimum atomic E-state index is -0.0354. The first-order valence-electron chi connectivity index (χ1n) is 13.7. The highest BCUT2D eigenvalue weighted by molar-refractivity contribution is 5.95. The van der Waals surface area contributed by atoms with Crippen LogP contribution in [0.3, 0.4) is 0 Å². The number of carbonyl (C=O) groups is 1. The molecule has 1 aliphatic rings. The van der Waals surface area contributed by atoms with Crippen LogP contribution in [0.15, 0.2) is 43.0 Å². The number of hydrogen-bond donors (Lipinski definition) is 0. The predicted molar refractivity (Wildman–Crippen MR) is 151 cm³/mol. The third-order valence-corrected chi connectivity index (χ3v) is 7.22. The van der Waals surface area contributed by atoms with Gasteiger partial charge in [0.25, 0.3) is 0 Å². The maximum absolute atomic E-state index is 13.0. The average Bonchev–Trinajstić information content (AvgIpc) is 3.58. The molecule has 0 N–H and O–H groups in total. The second-order valence-electron chi connectivity index (χ2n) is 10.6. The van der Waals surface area contributed by atoms with Crippen LogP contribution in [0.5, 0.6) is 0 Å². The fraction of sp³-hybridized carbons (Fsp3) is 0.448. The minimum absolute atomic E-state index is 0.0354. The van der Waals surface area contributed by atoms with Gasteiger partial charge in [-0.1, -0.05) is 12.1 Å². The van der Waals surface area contributed by atoms with Crippen LogP contribution in [-0.2, 0) is 6.42 Å². The van der Waals surface area contributed by atoms with Gasteiger partial charge in [0, 0.05) is 62.3 Å². The summed E-state index contributed by atoms with van der Waals surface area (Å²) < 4.78 is 3.60. The Hall–Kier alpha value is -3.92. The van der Waals surface area contributed by atoms with E-state index in [9.17, 15) is 4.79 Å². The van der Waals surface area contributed by atoms with Gasteiger partial charge in [0.15, 0.2) is 5.78 Å². The SMILES string of the molecule is CCCN1CCN(c2cncc(-c3cn(-c4cc(CC(=O)c5cc(C)n(C(C)C)n5)cnc4C)nn3)c2)CC1. The molecule has 0 aliphatic carbocycles. The lowest BCUT2D eigenvalue weighted by atomic mass is 10.1.